The van der Waals surface area contributed by atoms with Gasteiger partial charge in [0.25, 0.3) is 5.56 Å². The van der Waals surface area contributed by atoms with Crippen molar-refractivity contribution in [1.29, 1.82) is 0 Å². The summed E-state index contributed by atoms with van der Waals surface area (Å²) in [7, 11) is 1.55. The normalized spacial score (nSPS) is 11.4. The summed E-state index contributed by atoms with van der Waals surface area (Å²) >= 11 is 0. The van der Waals surface area contributed by atoms with E-state index < -0.39 is 11.2 Å². The van der Waals surface area contributed by atoms with Crippen molar-refractivity contribution < 1.29 is 0 Å². The maximum absolute atomic E-state index is 12.0. The number of aromatic nitrogens is 5. The molecule has 3 aromatic heterocycles. The molecule has 9 nitrogen and oxygen atoms in total. The highest BCUT2D eigenvalue weighted by Crippen LogP contribution is 2.14. The Morgan fingerprint density at radius 1 is 1.35 bits per heavy atom. The Balaban J connectivity index is 2.03. The number of imidazole rings is 1. The molecule has 0 saturated heterocycles. The monoisotopic (exact) mass is 313 g/mol. The number of hydrogen-bond donors (Lipinski definition) is 2. The van der Waals surface area contributed by atoms with Gasteiger partial charge in [-0.15, -0.1) is 0 Å². The first-order valence-corrected chi connectivity index (χ1v) is 7.00. The summed E-state index contributed by atoms with van der Waals surface area (Å²) in [5, 5.41) is 4.11. The molecular weight excluding hydrogens is 298 g/mol. The molecular formula is C14H15N7O2. The van der Waals surface area contributed by atoms with Gasteiger partial charge in [-0.3, -0.25) is 19.3 Å². The molecule has 0 unspecified atom stereocenters. The van der Waals surface area contributed by atoms with Crippen LogP contribution in [0.25, 0.3) is 11.2 Å². The van der Waals surface area contributed by atoms with Crippen LogP contribution in [0.1, 0.15) is 12.5 Å². The van der Waals surface area contributed by atoms with Gasteiger partial charge in [-0.25, -0.2) is 10.2 Å². The van der Waals surface area contributed by atoms with Crippen LogP contribution < -0.4 is 16.7 Å². The predicted molar refractivity (Wildman–Crippen MR) is 86.7 cm³/mol. The summed E-state index contributed by atoms with van der Waals surface area (Å²) in [6.07, 6.45) is 4.94. The third kappa shape index (κ3) is 2.63. The SMILES string of the molecule is CCn1c(NN=Cc2ccncc2)nc2c1c(=O)[nH]c(=O)n2C. The molecule has 0 atom stereocenters. The Kier molecular flexibility index (Phi) is 3.75. The third-order valence-electron chi connectivity index (χ3n) is 3.41. The fourth-order valence-corrected chi connectivity index (χ4v) is 2.24. The van der Waals surface area contributed by atoms with E-state index in [2.05, 4.69) is 25.5 Å². The van der Waals surface area contributed by atoms with E-state index in [-0.39, 0.29) is 0 Å². The lowest BCUT2D eigenvalue weighted by Crippen LogP contribution is -2.29. The molecule has 0 aliphatic rings. The summed E-state index contributed by atoms with van der Waals surface area (Å²) in [6.45, 7) is 2.38. The average molecular weight is 313 g/mol. The minimum Gasteiger partial charge on any atom is -0.303 e. The number of aryl methyl sites for hydroxylation is 2. The molecule has 3 aromatic rings. The predicted octanol–water partition coefficient (Wildman–Crippen LogP) is 0.284. The summed E-state index contributed by atoms with van der Waals surface area (Å²) in [5.41, 5.74) is 3.34. The molecule has 0 amide bonds. The van der Waals surface area contributed by atoms with Crippen molar-refractivity contribution in [2.24, 2.45) is 12.1 Å². The molecule has 0 radical (unpaired) electrons. The molecule has 3 rings (SSSR count). The highest BCUT2D eigenvalue weighted by atomic mass is 16.2. The van der Waals surface area contributed by atoms with Crippen LogP contribution in [0.2, 0.25) is 0 Å². The highest BCUT2D eigenvalue weighted by Gasteiger charge is 2.15. The maximum Gasteiger partial charge on any atom is 0.329 e. The zero-order valence-electron chi connectivity index (χ0n) is 12.6. The minimum absolute atomic E-state index is 0.308. The number of H-pyrrole nitrogens is 1. The van der Waals surface area contributed by atoms with Gasteiger partial charge < -0.3 is 4.57 Å². The van der Waals surface area contributed by atoms with Gasteiger partial charge in [0.05, 0.1) is 6.21 Å². The van der Waals surface area contributed by atoms with E-state index in [0.29, 0.717) is 23.7 Å². The summed E-state index contributed by atoms with van der Waals surface area (Å²) in [6, 6.07) is 3.62. The van der Waals surface area contributed by atoms with Gasteiger partial charge in [-0.1, -0.05) is 0 Å². The summed E-state index contributed by atoms with van der Waals surface area (Å²) in [5.74, 6) is 0.388. The number of nitrogens with one attached hydrogen (secondary N) is 2. The lowest BCUT2D eigenvalue weighted by molar-refractivity contribution is 0.781. The lowest BCUT2D eigenvalue weighted by atomic mass is 10.3. The third-order valence-corrected chi connectivity index (χ3v) is 3.41. The van der Waals surface area contributed by atoms with Crippen LogP contribution >= 0.6 is 0 Å². The van der Waals surface area contributed by atoms with Crippen LogP contribution in [0.3, 0.4) is 0 Å². The van der Waals surface area contributed by atoms with E-state index in [1.165, 1.54) is 4.57 Å². The minimum atomic E-state index is -0.505. The molecule has 23 heavy (non-hydrogen) atoms. The standard InChI is InChI=1S/C14H15N7O2/c1-3-21-10-11(20(2)14(23)18-12(10)22)17-13(21)19-16-8-9-4-6-15-7-5-9/h4-8H,3H2,1-2H3,(H,17,19)(H,18,22,23). The molecule has 0 aliphatic carbocycles. The van der Waals surface area contributed by atoms with E-state index in [1.54, 1.807) is 30.2 Å². The van der Waals surface area contributed by atoms with Gasteiger partial charge in [0.2, 0.25) is 5.95 Å². The van der Waals surface area contributed by atoms with Crippen LogP contribution in [0, 0.1) is 0 Å². The molecule has 2 N–H and O–H groups in total. The van der Waals surface area contributed by atoms with Gasteiger partial charge in [0, 0.05) is 26.0 Å². The highest BCUT2D eigenvalue weighted by molar-refractivity contribution is 5.80. The first-order valence-electron chi connectivity index (χ1n) is 7.00. The van der Waals surface area contributed by atoms with Crippen LogP contribution in [0.4, 0.5) is 5.95 Å². The van der Waals surface area contributed by atoms with E-state index >= 15 is 0 Å². The number of rotatable bonds is 4. The smallest absolute Gasteiger partial charge is 0.303 e. The van der Waals surface area contributed by atoms with E-state index in [1.807, 2.05) is 19.1 Å². The van der Waals surface area contributed by atoms with Gasteiger partial charge >= 0.3 is 5.69 Å². The largest absolute Gasteiger partial charge is 0.329 e. The van der Waals surface area contributed by atoms with Crippen LogP contribution in [0.15, 0.2) is 39.2 Å². The Morgan fingerprint density at radius 2 is 2.09 bits per heavy atom. The number of anilines is 1. The quantitative estimate of drug-likeness (QED) is 0.531. The Hall–Kier alpha value is -3.23. The van der Waals surface area contributed by atoms with Crippen molar-refractivity contribution in [1.82, 2.24) is 24.1 Å². The maximum atomic E-state index is 12.0. The second-order valence-electron chi connectivity index (χ2n) is 4.82. The molecule has 0 aromatic carbocycles. The van der Waals surface area contributed by atoms with Gasteiger partial charge in [0.15, 0.2) is 11.2 Å². The molecule has 0 saturated carbocycles. The first-order chi connectivity index (χ1) is 11.1. The van der Waals surface area contributed by atoms with Gasteiger partial charge in [0.1, 0.15) is 0 Å². The van der Waals surface area contributed by atoms with E-state index in [9.17, 15) is 9.59 Å². The van der Waals surface area contributed by atoms with Crippen molar-refractivity contribution in [3.63, 3.8) is 0 Å². The molecule has 118 valence electrons. The number of hydrazone groups is 1. The molecule has 0 spiro atoms. The fourth-order valence-electron chi connectivity index (χ4n) is 2.24. The molecule has 0 aliphatic heterocycles. The van der Waals surface area contributed by atoms with Gasteiger partial charge in [-0.05, 0) is 24.6 Å². The summed E-state index contributed by atoms with van der Waals surface area (Å²) in [4.78, 5) is 34.2. The molecule has 9 heteroatoms. The number of hydrogen-bond acceptors (Lipinski definition) is 6. The van der Waals surface area contributed by atoms with Crippen molar-refractivity contribution in [2.45, 2.75) is 13.5 Å². The molecule has 0 fully saturated rings. The van der Waals surface area contributed by atoms with Crippen LogP contribution in [0.5, 0.6) is 0 Å². The number of fused-ring (bicyclic) bond motifs is 1. The van der Waals surface area contributed by atoms with Crippen molar-refractivity contribution in [3.05, 3.63) is 50.9 Å². The summed E-state index contributed by atoms with van der Waals surface area (Å²) < 4.78 is 2.96. The molecule has 0 bridgehead atoms. The topological polar surface area (TPSA) is 110 Å². The lowest BCUT2D eigenvalue weighted by Gasteiger charge is -2.03. The number of aromatic amines is 1. The second-order valence-corrected chi connectivity index (χ2v) is 4.82. The second kappa shape index (κ2) is 5.87. The van der Waals surface area contributed by atoms with Crippen molar-refractivity contribution >= 4 is 23.3 Å². The average Bonchev–Trinajstić information content (AvgIpc) is 2.93. The first kappa shape index (κ1) is 14.7. The van der Waals surface area contributed by atoms with E-state index in [4.69, 9.17) is 0 Å². The van der Waals surface area contributed by atoms with Crippen LogP contribution in [-0.2, 0) is 13.6 Å². The van der Waals surface area contributed by atoms with Gasteiger partial charge in [-0.2, -0.15) is 10.1 Å². The Bertz CT molecular complexity index is 982. The molecule has 3 heterocycles. The zero-order chi connectivity index (χ0) is 16.4. The zero-order valence-corrected chi connectivity index (χ0v) is 12.6. The van der Waals surface area contributed by atoms with Crippen molar-refractivity contribution in [3.8, 4) is 0 Å². The number of pyridine rings is 1. The Labute approximate surface area is 130 Å². The van der Waals surface area contributed by atoms with E-state index in [0.717, 1.165) is 5.56 Å². The van der Waals surface area contributed by atoms with Crippen LogP contribution in [-0.4, -0.2) is 30.3 Å². The fraction of sp³-hybridized carbons (Fsp3) is 0.214. The van der Waals surface area contributed by atoms with Crippen molar-refractivity contribution in [2.75, 3.05) is 5.43 Å². The Morgan fingerprint density at radius 3 is 2.78 bits per heavy atom. The number of nitrogens with zero attached hydrogens (tertiary/aromatic N) is 5.